The van der Waals surface area contributed by atoms with E-state index in [1.807, 2.05) is 0 Å². The lowest BCUT2D eigenvalue weighted by Crippen LogP contribution is -2.45. The molecule has 0 spiro atoms. The van der Waals surface area contributed by atoms with Crippen molar-refractivity contribution < 1.29 is 9.18 Å². The number of hydrogen-bond acceptors (Lipinski definition) is 3. The minimum absolute atomic E-state index is 0.311. The van der Waals surface area contributed by atoms with Crippen LogP contribution in [0, 0.1) is 5.82 Å². The lowest BCUT2D eigenvalue weighted by atomic mass is 10.1. The zero-order valence-electron chi connectivity index (χ0n) is 11.7. The number of piperazine rings is 1. The lowest BCUT2D eigenvalue weighted by molar-refractivity contribution is 0.131. The SMILES string of the molecule is CCN1CCN(Cc2ccc(NC(N)=O)cc2F)CC1. The highest BCUT2D eigenvalue weighted by atomic mass is 19.1. The molecule has 1 saturated heterocycles. The molecule has 20 heavy (non-hydrogen) atoms. The van der Waals surface area contributed by atoms with E-state index in [0.29, 0.717) is 17.8 Å². The summed E-state index contributed by atoms with van der Waals surface area (Å²) in [4.78, 5) is 15.3. The Kier molecular flexibility index (Phi) is 4.92. The van der Waals surface area contributed by atoms with Crippen LogP contribution in [0.15, 0.2) is 18.2 Å². The number of hydrogen-bond donors (Lipinski definition) is 2. The van der Waals surface area contributed by atoms with Gasteiger partial charge in [-0.05, 0) is 18.7 Å². The molecule has 0 radical (unpaired) electrons. The van der Waals surface area contributed by atoms with Crippen LogP contribution in [-0.2, 0) is 6.54 Å². The lowest BCUT2D eigenvalue weighted by Gasteiger charge is -2.34. The number of carbonyl (C=O) groups excluding carboxylic acids is 1. The first-order chi connectivity index (χ1) is 9.58. The average Bonchev–Trinajstić information content (AvgIpc) is 2.42. The van der Waals surface area contributed by atoms with Gasteiger partial charge in [0, 0.05) is 44.0 Å². The molecule has 5 nitrogen and oxygen atoms in total. The molecule has 1 aromatic rings. The maximum Gasteiger partial charge on any atom is 0.316 e. The van der Waals surface area contributed by atoms with Gasteiger partial charge in [-0.2, -0.15) is 0 Å². The number of carbonyl (C=O) groups is 1. The number of amides is 2. The Bertz CT molecular complexity index is 472. The summed E-state index contributed by atoms with van der Waals surface area (Å²) in [5.74, 6) is -0.311. The van der Waals surface area contributed by atoms with Crippen LogP contribution in [0.25, 0.3) is 0 Å². The maximum atomic E-state index is 14.0. The minimum Gasteiger partial charge on any atom is -0.351 e. The van der Waals surface area contributed by atoms with Crippen molar-refractivity contribution in [3.8, 4) is 0 Å². The zero-order valence-corrected chi connectivity index (χ0v) is 11.7. The van der Waals surface area contributed by atoms with Crippen LogP contribution in [-0.4, -0.2) is 48.6 Å². The quantitative estimate of drug-likeness (QED) is 0.877. The van der Waals surface area contributed by atoms with Crippen molar-refractivity contribution >= 4 is 11.7 Å². The van der Waals surface area contributed by atoms with Crippen molar-refractivity contribution in [3.63, 3.8) is 0 Å². The van der Waals surface area contributed by atoms with Crippen molar-refractivity contribution in [2.24, 2.45) is 5.73 Å². The van der Waals surface area contributed by atoms with Crippen molar-refractivity contribution in [1.82, 2.24) is 9.80 Å². The Morgan fingerprint density at radius 3 is 2.50 bits per heavy atom. The highest BCUT2D eigenvalue weighted by Crippen LogP contribution is 2.17. The number of rotatable bonds is 4. The molecule has 1 aromatic carbocycles. The second-order valence-electron chi connectivity index (χ2n) is 5.01. The minimum atomic E-state index is -0.687. The number of urea groups is 1. The van der Waals surface area contributed by atoms with Gasteiger partial charge in [0.1, 0.15) is 5.82 Å². The standard InChI is InChI=1S/C14H21FN4O/c1-2-18-5-7-19(8-6-18)10-11-3-4-12(9-13(11)15)17-14(16)20/h3-4,9H,2,5-8,10H2,1H3,(H3,16,17,20). The largest absolute Gasteiger partial charge is 0.351 e. The monoisotopic (exact) mass is 280 g/mol. The van der Waals surface area contributed by atoms with Crippen LogP contribution < -0.4 is 11.1 Å². The van der Waals surface area contributed by atoms with Gasteiger partial charge in [-0.15, -0.1) is 0 Å². The second-order valence-corrected chi connectivity index (χ2v) is 5.01. The van der Waals surface area contributed by atoms with Crippen LogP contribution in [0.4, 0.5) is 14.9 Å². The van der Waals surface area contributed by atoms with Crippen LogP contribution >= 0.6 is 0 Å². The number of likely N-dealkylation sites (N-methyl/N-ethyl adjacent to an activating group) is 1. The summed E-state index contributed by atoms with van der Waals surface area (Å²) >= 11 is 0. The first-order valence-electron chi connectivity index (χ1n) is 6.88. The van der Waals surface area contributed by atoms with Crippen LogP contribution in [0.1, 0.15) is 12.5 Å². The number of nitrogens with zero attached hydrogens (tertiary/aromatic N) is 2. The van der Waals surface area contributed by atoms with Gasteiger partial charge in [-0.25, -0.2) is 9.18 Å². The van der Waals surface area contributed by atoms with E-state index >= 15 is 0 Å². The predicted molar refractivity (Wildman–Crippen MR) is 77.0 cm³/mol. The molecule has 1 aliphatic heterocycles. The summed E-state index contributed by atoms with van der Waals surface area (Å²) in [6.07, 6.45) is 0. The van der Waals surface area contributed by atoms with Crippen molar-refractivity contribution in [3.05, 3.63) is 29.6 Å². The topological polar surface area (TPSA) is 61.6 Å². The molecular weight excluding hydrogens is 259 g/mol. The van der Waals surface area contributed by atoms with Crippen LogP contribution in [0.3, 0.4) is 0 Å². The number of halogens is 1. The Morgan fingerprint density at radius 2 is 1.95 bits per heavy atom. The fraction of sp³-hybridized carbons (Fsp3) is 0.500. The molecule has 2 amide bonds. The van der Waals surface area contributed by atoms with E-state index in [1.54, 1.807) is 12.1 Å². The van der Waals surface area contributed by atoms with E-state index in [1.165, 1.54) is 6.07 Å². The summed E-state index contributed by atoms with van der Waals surface area (Å²) in [5.41, 5.74) is 6.03. The summed E-state index contributed by atoms with van der Waals surface area (Å²) in [5, 5.41) is 2.37. The summed E-state index contributed by atoms with van der Waals surface area (Å²) in [7, 11) is 0. The van der Waals surface area contributed by atoms with Gasteiger partial charge in [0.25, 0.3) is 0 Å². The molecule has 0 aromatic heterocycles. The third-order valence-corrected chi connectivity index (χ3v) is 3.63. The molecule has 1 aliphatic rings. The third-order valence-electron chi connectivity index (χ3n) is 3.63. The summed E-state index contributed by atoms with van der Waals surface area (Å²) in [6, 6.07) is 3.99. The van der Waals surface area contributed by atoms with Crippen LogP contribution in [0.5, 0.6) is 0 Å². The Morgan fingerprint density at radius 1 is 1.30 bits per heavy atom. The molecule has 6 heteroatoms. The molecule has 110 valence electrons. The molecule has 1 fully saturated rings. The first-order valence-corrected chi connectivity index (χ1v) is 6.88. The van der Waals surface area contributed by atoms with Gasteiger partial charge >= 0.3 is 6.03 Å². The molecule has 2 rings (SSSR count). The molecule has 1 heterocycles. The normalized spacial score (nSPS) is 17.1. The highest BCUT2D eigenvalue weighted by Gasteiger charge is 2.17. The molecule has 0 bridgehead atoms. The predicted octanol–water partition coefficient (Wildman–Crippen LogP) is 1.45. The van der Waals surface area contributed by atoms with Gasteiger partial charge in [-0.3, -0.25) is 4.90 Å². The number of anilines is 1. The third kappa shape index (κ3) is 3.91. The number of benzene rings is 1. The van der Waals surface area contributed by atoms with E-state index in [2.05, 4.69) is 22.0 Å². The van der Waals surface area contributed by atoms with Gasteiger partial charge in [0.05, 0.1) is 0 Å². The number of primary amides is 1. The van der Waals surface area contributed by atoms with Crippen molar-refractivity contribution in [2.45, 2.75) is 13.5 Å². The fourth-order valence-electron chi connectivity index (χ4n) is 2.40. The molecule has 3 N–H and O–H groups in total. The van der Waals surface area contributed by atoms with E-state index < -0.39 is 6.03 Å². The Labute approximate surface area is 118 Å². The molecular formula is C14H21FN4O. The van der Waals surface area contributed by atoms with E-state index in [0.717, 1.165) is 32.7 Å². The van der Waals surface area contributed by atoms with Gasteiger partial charge < -0.3 is 16.0 Å². The second kappa shape index (κ2) is 6.67. The van der Waals surface area contributed by atoms with Crippen molar-refractivity contribution in [2.75, 3.05) is 38.0 Å². The zero-order chi connectivity index (χ0) is 14.5. The number of nitrogens with two attached hydrogens (primary N) is 1. The Balaban J connectivity index is 1.95. The first kappa shape index (κ1) is 14.7. The Hall–Kier alpha value is -1.66. The van der Waals surface area contributed by atoms with Gasteiger partial charge in [-0.1, -0.05) is 13.0 Å². The fourth-order valence-corrected chi connectivity index (χ4v) is 2.40. The molecule has 0 aliphatic carbocycles. The van der Waals surface area contributed by atoms with Crippen molar-refractivity contribution in [1.29, 1.82) is 0 Å². The molecule has 0 atom stereocenters. The number of nitrogens with one attached hydrogen (secondary N) is 1. The van der Waals surface area contributed by atoms with E-state index in [9.17, 15) is 9.18 Å². The summed E-state index contributed by atoms with van der Waals surface area (Å²) in [6.45, 7) is 7.78. The van der Waals surface area contributed by atoms with Gasteiger partial charge in [0.2, 0.25) is 0 Å². The van der Waals surface area contributed by atoms with Crippen LogP contribution in [0.2, 0.25) is 0 Å². The summed E-state index contributed by atoms with van der Waals surface area (Å²) < 4.78 is 14.0. The van der Waals surface area contributed by atoms with E-state index in [-0.39, 0.29) is 5.82 Å². The molecule has 0 saturated carbocycles. The van der Waals surface area contributed by atoms with Gasteiger partial charge in [0.15, 0.2) is 0 Å². The average molecular weight is 280 g/mol. The van der Waals surface area contributed by atoms with E-state index in [4.69, 9.17) is 5.73 Å². The maximum absolute atomic E-state index is 14.0. The smallest absolute Gasteiger partial charge is 0.316 e. The molecule has 0 unspecified atom stereocenters. The highest BCUT2D eigenvalue weighted by molar-refractivity contribution is 5.87.